The molecule has 0 fully saturated rings. The van der Waals surface area contributed by atoms with Gasteiger partial charge < -0.3 is 4.43 Å². The van der Waals surface area contributed by atoms with Gasteiger partial charge in [0.25, 0.3) is 0 Å². The van der Waals surface area contributed by atoms with E-state index in [0.29, 0.717) is 5.92 Å². The summed E-state index contributed by atoms with van der Waals surface area (Å²) in [6, 6.07) is 0. The fourth-order valence-electron chi connectivity index (χ4n) is 1.39. The molecule has 1 aliphatic carbocycles. The van der Waals surface area contributed by atoms with E-state index in [2.05, 4.69) is 39.9 Å². The summed E-state index contributed by atoms with van der Waals surface area (Å²) in [6.45, 7) is 11.0. The van der Waals surface area contributed by atoms with Gasteiger partial charge in [-0.25, -0.2) is 0 Å². The second-order valence-corrected chi connectivity index (χ2v) is 6.13. The van der Waals surface area contributed by atoms with Gasteiger partial charge in [-0.2, -0.15) is 0 Å². The average molecular weight is 182 g/mol. The molecule has 0 N–H and O–H groups in total. The van der Waals surface area contributed by atoms with Crippen molar-refractivity contribution in [1.29, 1.82) is 0 Å². The van der Waals surface area contributed by atoms with Gasteiger partial charge >= 0.3 is 0 Å². The lowest BCUT2D eigenvalue weighted by molar-refractivity contribution is 0.452. The molecule has 0 amide bonds. The van der Waals surface area contributed by atoms with Crippen LogP contribution in [0.5, 0.6) is 0 Å². The lowest BCUT2D eigenvalue weighted by Gasteiger charge is -2.11. The Bertz CT molecular complexity index is 238. The van der Waals surface area contributed by atoms with Crippen molar-refractivity contribution < 1.29 is 4.43 Å². The predicted octanol–water partition coefficient (Wildman–Crippen LogP) is 2.86. The van der Waals surface area contributed by atoms with Gasteiger partial charge in [0.15, 0.2) is 0 Å². The molecule has 1 atom stereocenters. The number of hydrogen-bond acceptors (Lipinski definition) is 1. The Morgan fingerprint density at radius 2 is 1.92 bits per heavy atom. The van der Waals surface area contributed by atoms with Gasteiger partial charge in [0.05, 0.1) is 0 Å². The Kier molecular flexibility index (Phi) is 2.78. The van der Waals surface area contributed by atoms with Crippen LogP contribution >= 0.6 is 0 Å². The van der Waals surface area contributed by atoms with Crippen LogP contribution in [0, 0.1) is 5.92 Å². The van der Waals surface area contributed by atoms with Gasteiger partial charge in [0.2, 0.25) is 9.04 Å². The topological polar surface area (TPSA) is 9.23 Å². The first-order valence-electron chi connectivity index (χ1n) is 4.58. The van der Waals surface area contributed by atoms with Gasteiger partial charge in [-0.3, -0.25) is 0 Å². The summed E-state index contributed by atoms with van der Waals surface area (Å²) in [6.07, 6.45) is 2.23. The van der Waals surface area contributed by atoms with E-state index in [-0.39, 0.29) is 0 Å². The Labute approximate surface area is 76.9 Å². The van der Waals surface area contributed by atoms with Gasteiger partial charge in [-0.15, -0.1) is 0 Å². The molecule has 1 aliphatic rings. The molecule has 0 saturated carbocycles. The zero-order valence-corrected chi connectivity index (χ0v) is 9.79. The molecule has 0 aromatic rings. The number of allylic oxidation sites excluding steroid dienone is 3. The highest BCUT2D eigenvalue weighted by Crippen LogP contribution is 2.30. The van der Waals surface area contributed by atoms with Gasteiger partial charge in [0.1, 0.15) is 5.76 Å². The highest BCUT2D eigenvalue weighted by Gasteiger charge is 2.18. The largest absolute Gasteiger partial charge is 0.547 e. The smallest absolute Gasteiger partial charge is 0.229 e. The summed E-state index contributed by atoms with van der Waals surface area (Å²) >= 11 is 0. The molecule has 0 spiro atoms. The molecular weight excluding hydrogens is 164 g/mol. The summed E-state index contributed by atoms with van der Waals surface area (Å²) in [5, 5.41) is 0. The van der Waals surface area contributed by atoms with Crippen LogP contribution in [-0.4, -0.2) is 9.04 Å². The second kappa shape index (κ2) is 3.48. The Hall–Kier alpha value is -0.503. The van der Waals surface area contributed by atoms with Crippen LogP contribution in [0.25, 0.3) is 0 Å². The minimum Gasteiger partial charge on any atom is -0.547 e. The van der Waals surface area contributed by atoms with Crippen molar-refractivity contribution in [1.82, 2.24) is 0 Å². The summed E-state index contributed by atoms with van der Waals surface area (Å²) in [5.41, 5.74) is 2.81. The molecule has 68 valence electrons. The molecule has 1 nitrogen and oxygen atoms in total. The number of hydrogen-bond donors (Lipinski definition) is 0. The van der Waals surface area contributed by atoms with Gasteiger partial charge in [-0.1, -0.05) is 12.5 Å². The third kappa shape index (κ3) is 1.80. The van der Waals surface area contributed by atoms with Crippen LogP contribution in [0.1, 0.15) is 20.8 Å². The van der Waals surface area contributed by atoms with Crippen molar-refractivity contribution in [2.45, 2.75) is 33.9 Å². The number of rotatable bonds is 2. The lowest BCUT2D eigenvalue weighted by Crippen LogP contribution is -2.06. The van der Waals surface area contributed by atoms with Crippen molar-refractivity contribution in [3.8, 4) is 0 Å². The Morgan fingerprint density at radius 1 is 1.33 bits per heavy atom. The minimum atomic E-state index is -0.919. The first-order chi connectivity index (χ1) is 5.52. The van der Waals surface area contributed by atoms with E-state index < -0.39 is 9.04 Å². The van der Waals surface area contributed by atoms with E-state index in [1.165, 1.54) is 11.1 Å². The molecule has 2 heteroatoms. The summed E-state index contributed by atoms with van der Waals surface area (Å²) in [7, 11) is -0.919. The van der Waals surface area contributed by atoms with Gasteiger partial charge in [0, 0.05) is 0 Å². The van der Waals surface area contributed by atoms with Crippen molar-refractivity contribution in [2.75, 3.05) is 0 Å². The minimum absolute atomic E-state index is 0.577. The molecule has 0 aliphatic heterocycles. The summed E-state index contributed by atoms with van der Waals surface area (Å²) < 4.78 is 5.81. The Morgan fingerprint density at radius 3 is 2.25 bits per heavy atom. The molecule has 1 unspecified atom stereocenters. The van der Waals surface area contributed by atoms with E-state index in [1.54, 1.807) is 0 Å². The zero-order valence-electron chi connectivity index (χ0n) is 8.64. The first-order valence-corrected chi connectivity index (χ1v) is 7.36. The molecule has 12 heavy (non-hydrogen) atoms. The standard InChI is InChI=1S/C10H18OSi/c1-7-6-10(11-12(4)5)9(3)8(7)2/h6-7,12H,1-5H3. The van der Waals surface area contributed by atoms with Crippen LogP contribution < -0.4 is 0 Å². The maximum atomic E-state index is 5.81. The molecule has 0 aromatic heterocycles. The van der Waals surface area contributed by atoms with Crippen molar-refractivity contribution >= 4 is 9.04 Å². The average Bonchev–Trinajstić information content (AvgIpc) is 2.17. The Balaban J connectivity index is 2.75. The first kappa shape index (κ1) is 9.58. The quantitative estimate of drug-likeness (QED) is 0.597. The van der Waals surface area contributed by atoms with E-state index in [0.717, 1.165) is 5.76 Å². The molecule has 0 aromatic carbocycles. The van der Waals surface area contributed by atoms with E-state index in [1.807, 2.05) is 0 Å². The fraction of sp³-hybridized carbons (Fsp3) is 0.600. The normalized spacial score (nSPS) is 23.5. The molecule has 0 heterocycles. The lowest BCUT2D eigenvalue weighted by atomic mass is 10.1. The van der Waals surface area contributed by atoms with Crippen molar-refractivity contribution in [3.05, 3.63) is 23.0 Å². The molecule has 0 saturated heterocycles. The zero-order chi connectivity index (χ0) is 9.30. The third-order valence-electron chi connectivity index (χ3n) is 2.41. The van der Waals surface area contributed by atoms with Crippen LogP contribution in [-0.2, 0) is 4.43 Å². The highest BCUT2D eigenvalue weighted by molar-refractivity contribution is 6.48. The van der Waals surface area contributed by atoms with Crippen LogP contribution in [0.4, 0.5) is 0 Å². The highest BCUT2D eigenvalue weighted by atomic mass is 28.3. The van der Waals surface area contributed by atoms with Crippen LogP contribution in [0.3, 0.4) is 0 Å². The predicted molar refractivity (Wildman–Crippen MR) is 55.6 cm³/mol. The third-order valence-corrected chi connectivity index (χ3v) is 3.13. The van der Waals surface area contributed by atoms with E-state index >= 15 is 0 Å². The molecule has 0 radical (unpaired) electrons. The van der Waals surface area contributed by atoms with E-state index in [4.69, 9.17) is 4.43 Å². The van der Waals surface area contributed by atoms with Crippen LogP contribution in [0.2, 0.25) is 13.1 Å². The maximum absolute atomic E-state index is 5.81. The van der Waals surface area contributed by atoms with Crippen LogP contribution in [0.15, 0.2) is 23.0 Å². The summed E-state index contributed by atoms with van der Waals surface area (Å²) in [5.74, 6) is 1.72. The molecule has 1 rings (SSSR count). The summed E-state index contributed by atoms with van der Waals surface area (Å²) in [4.78, 5) is 0. The van der Waals surface area contributed by atoms with Crippen molar-refractivity contribution in [3.63, 3.8) is 0 Å². The second-order valence-electron chi connectivity index (χ2n) is 3.79. The fourth-order valence-corrected chi connectivity index (χ4v) is 2.16. The van der Waals surface area contributed by atoms with Gasteiger partial charge in [-0.05, 0) is 44.5 Å². The molecular formula is C10H18OSi. The monoisotopic (exact) mass is 182 g/mol. The maximum Gasteiger partial charge on any atom is 0.229 e. The van der Waals surface area contributed by atoms with E-state index in [9.17, 15) is 0 Å². The SMILES string of the molecule is CC1=C(C)C(C)C=C1O[SiH](C)C. The van der Waals surface area contributed by atoms with Crippen molar-refractivity contribution in [2.24, 2.45) is 5.92 Å². The molecule has 0 bridgehead atoms.